The monoisotopic (exact) mass is 321 g/mol. The average molecular weight is 321 g/mol. The van der Waals surface area contributed by atoms with Gasteiger partial charge >= 0.3 is 6.03 Å². The first-order valence-corrected chi connectivity index (χ1v) is 7.56. The van der Waals surface area contributed by atoms with Gasteiger partial charge in [0.2, 0.25) is 0 Å². The lowest BCUT2D eigenvalue weighted by Gasteiger charge is -2.12. The second-order valence-electron chi connectivity index (χ2n) is 4.76. The van der Waals surface area contributed by atoms with Crippen LogP contribution in [0.1, 0.15) is 26.6 Å². The van der Waals surface area contributed by atoms with Crippen molar-refractivity contribution in [3.63, 3.8) is 0 Å². The molecule has 3 heterocycles. The van der Waals surface area contributed by atoms with E-state index in [4.69, 9.17) is 14.9 Å². The number of hydrogen-bond donors (Lipinski definition) is 3. The molecule has 0 atom stereocenters. The van der Waals surface area contributed by atoms with Crippen molar-refractivity contribution in [2.24, 2.45) is 5.73 Å². The van der Waals surface area contributed by atoms with Crippen molar-refractivity contribution >= 4 is 28.3 Å². The largest absolute Gasteiger partial charge is 0.467 e. The summed E-state index contributed by atoms with van der Waals surface area (Å²) in [6.07, 6.45) is 2.16. The van der Waals surface area contributed by atoms with Gasteiger partial charge in [-0.05, 0) is 24.1 Å². The number of rotatable bonds is 4. The zero-order chi connectivity index (χ0) is 15.5. The molecule has 0 spiro atoms. The molecule has 0 saturated heterocycles. The van der Waals surface area contributed by atoms with E-state index in [1.165, 1.54) is 17.6 Å². The molecule has 3 rings (SSSR count). The fraction of sp³-hybridized carbons (Fsp3) is 0.286. The SMILES string of the molecule is NC(=O)c1c(NC(=O)NCc2ccco2)sc2c1CCOC2. The summed E-state index contributed by atoms with van der Waals surface area (Å²) in [4.78, 5) is 24.6. The van der Waals surface area contributed by atoms with Crippen molar-refractivity contribution in [3.05, 3.63) is 40.2 Å². The molecule has 0 fully saturated rings. The molecule has 0 saturated carbocycles. The number of nitrogens with two attached hydrogens (primary N) is 1. The molecule has 2 aromatic rings. The summed E-state index contributed by atoms with van der Waals surface area (Å²) in [6, 6.07) is 3.09. The van der Waals surface area contributed by atoms with Crippen LogP contribution >= 0.6 is 11.3 Å². The molecular weight excluding hydrogens is 306 g/mol. The van der Waals surface area contributed by atoms with E-state index in [0.29, 0.717) is 36.0 Å². The number of ether oxygens (including phenoxy) is 1. The summed E-state index contributed by atoms with van der Waals surface area (Å²) in [5.74, 6) is 0.102. The highest BCUT2D eigenvalue weighted by Gasteiger charge is 2.25. The van der Waals surface area contributed by atoms with E-state index in [1.807, 2.05) is 0 Å². The standard InChI is InChI=1S/C14H15N3O4S/c15-12(18)11-9-3-5-20-7-10(9)22-13(11)17-14(19)16-6-8-2-1-4-21-8/h1-2,4H,3,5-7H2,(H2,15,18)(H2,16,17,19). The number of nitrogens with one attached hydrogen (secondary N) is 2. The number of thiophene rings is 1. The number of fused-ring (bicyclic) bond motifs is 1. The molecule has 8 heteroatoms. The molecule has 7 nitrogen and oxygen atoms in total. The van der Waals surface area contributed by atoms with Crippen molar-refractivity contribution < 1.29 is 18.7 Å². The molecule has 1 aliphatic rings. The third kappa shape index (κ3) is 2.97. The molecule has 3 amide bonds. The van der Waals surface area contributed by atoms with Crippen LogP contribution < -0.4 is 16.4 Å². The highest BCUT2D eigenvalue weighted by Crippen LogP contribution is 2.36. The highest BCUT2D eigenvalue weighted by atomic mass is 32.1. The summed E-state index contributed by atoms with van der Waals surface area (Å²) < 4.78 is 10.5. The van der Waals surface area contributed by atoms with Gasteiger partial charge in [0.05, 0.1) is 31.6 Å². The van der Waals surface area contributed by atoms with Gasteiger partial charge in [0.25, 0.3) is 5.91 Å². The number of anilines is 1. The molecule has 0 bridgehead atoms. The van der Waals surface area contributed by atoms with E-state index in [1.54, 1.807) is 12.1 Å². The molecule has 22 heavy (non-hydrogen) atoms. The summed E-state index contributed by atoms with van der Waals surface area (Å²) in [5, 5.41) is 5.80. The topological polar surface area (TPSA) is 107 Å². The first-order chi connectivity index (χ1) is 10.6. The number of carbonyl (C=O) groups is 2. The van der Waals surface area contributed by atoms with Crippen LogP contribution in [-0.4, -0.2) is 18.5 Å². The Morgan fingerprint density at radius 1 is 1.41 bits per heavy atom. The minimum atomic E-state index is -0.541. The van der Waals surface area contributed by atoms with Gasteiger partial charge < -0.3 is 20.2 Å². The molecular formula is C14H15N3O4S. The third-order valence-electron chi connectivity index (χ3n) is 3.30. The Kier molecular flexibility index (Phi) is 4.12. The summed E-state index contributed by atoms with van der Waals surface area (Å²) in [7, 11) is 0. The van der Waals surface area contributed by atoms with Crippen LogP contribution in [0.4, 0.5) is 9.80 Å². The lowest BCUT2D eigenvalue weighted by Crippen LogP contribution is -2.28. The van der Waals surface area contributed by atoms with E-state index in [-0.39, 0.29) is 6.54 Å². The zero-order valence-corrected chi connectivity index (χ0v) is 12.5. The molecule has 0 aliphatic carbocycles. The Morgan fingerprint density at radius 2 is 2.27 bits per heavy atom. The number of carbonyl (C=O) groups excluding carboxylic acids is 2. The minimum Gasteiger partial charge on any atom is -0.467 e. The normalized spacial score (nSPS) is 13.5. The van der Waals surface area contributed by atoms with Crippen molar-refractivity contribution in [2.45, 2.75) is 19.6 Å². The molecule has 1 aliphatic heterocycles. The average Bonchev–Trinajstić information content (AvgIpc) is 3.11. The molecule has 0 aromatic carbocycles. The smallest absolute Gasteiger partial charge is 0.320 e. The van der Waals surface area contributed by atoms with Gasteiger partial charge in [-0.1, -0.05) is 0 Å². The fourth-order valence-corrected chi connectivity index (χ4v) is 3.49. The maximum atomic E-state index is 12.0. The Balaban J connectivity index is 1.72. The Hall–Kier alpha value is -2.32. The second kappa shape index (κ2) is 6.20. The van der Waals surface area contributed by atoms with Gasteiger partial charge in [0, 0.05) is 4.88 Å². The fourth-order valence-electron chi connectivity index (χ4n) is 2.31. The van der Waals surface area contributed by atoms with Gasteiger partial charge in [-0.15, -0.1) is 11.3 Å². The first kappa shape index (κ1) is 14.6. The number of furan rings is 1. The van der Waals surface area contributed by atoms with E-state index in [2.05, 4.69) is 10.6 Å². The van der Waals surface area contributed by atoms with Crippen LogP contribution in [0.25, 0.3) is 0 Å². The van der Waals surface area contributed by atoms with Crippen molar-refractivity contribution in [1.29, 1.82) is 0 Å². The first-order valence-electron chi connectivity index (χ1n) is 6.74. The lowest BCUT2D eigenvalue weighted by molar-refractivity contribution is 0.0991. The van der Waals surface area contributed by atoms with Crippen molar-refractivity contribution in [3.8, 4) is 0 Å². The Labute approximate surface area is 130 Å². The van der Waals surface area contributed by atoms with Crippen LogP contribution in [0.15, 0.2) is 22.8 Å². The summed E-state index contributed by atoms with van der Waals surface area (Å²) >= 11 is 1.32. The van der Waals surface area contributed by atoms with E-state index in [0.717, 1.165) is 10.4 Å². The predicted molar refractivity (Wildman–Crippen MR) is 80.8 cm³/mol. The maximum absolute atomic E-state index is 12.0. The van der Waals surface area contributed by atoms with Gasteiger partial charge in [-0.3, -0.25) is 10.1 Å². The maximum Gasteiger partial charge on any atom is 0.320 e. The minimum absolute atomic E-state index is 0.263. The van der Waals surface area contributed by atoms with Crippen LogP contribution in [-0.2, 0) is 24.3 Å². The zero-order valence-electron chi connectivity index (χ0n) is 11.7. The number of hydrogen-bond acceptors (Lipinski definition) is 5. The Morgan fingerprint density at radius 3 is 3.00 bits per heavy atom. The van der Waals surface area contributed by atoms with Crippen LogP contribution in [0.2, 0.25) is 0 Å². The van der Waals surface area contributed by atoms with E-state index >= 15 is 0 Å². The predicted octanol–water partition coefficient (Wildman–Crippen LogP) is 1.83. The van der Waals surface area contributed by atoms with Gasteiger partial charge in [0.1, 0.15) is 10.8 Å². The van der Waals surface area contributed by atoms with Gasteiger partial charge in [0.15, 0.2) is 0 Å². The van der Waals surface area contributed by atoms with Crippen LogP contribution in [0, 0.1) is 0 Å². The van der Waals surface area contributed by atoms with Crippen molar-refractivity contribution in [1.82, 2.24) is 5.32 Å². The van der Waals surface area contributed by atoms with Gasteiger partial charge in [-0.2, -0.15) is 0 Å². The van der Waals surface area contributed by atoms with E-state index < -0.39 is 11.9 Å². The van der Waals surface area contributed by atoms with Crippen LogP contribution in [0.5, 0.6) is 0 Å². The molecule has 116 valence electrons. The molecule has 4 N–H and O–H groups in total. The number of primary amides is 1. The Bertz CT molecular complexity index is 693. The summed E-state index contributed by atoms with van der Waals surface area (Å²) in [6.45, 7) is 1.25. The third-order valence-corrected chi connectivity index (χ3v) is 4.42. The summed E-state index contributed by atoms with van der Waals surface area (Å²) in [5.41, 5.74) is 6.72. The second-order valence-corrected chi connectivity index (χ2v) is 5.87. The van der Waals surface area contributed by atoms with E-state index in [9.17, 15) is 9.59 Å². The van der Waals surface area contributed by atoms with Crippen LogP contribution in [0.3, 0.4) is 0 Å². The highest BCUT2D eigenvalue weighted by molar-refractivity contribution is 7.17. The molecule has 0 radical (unpaired) electrons. The number of amides is 3. The van der Waals surface area contributed by atoms with Gasteiger partial charge in [-0.25, -0.2) is 4.79 Å². The number of urea groups is 1. The molecule has 0 unspecified atom stereocenters. The quantitative estimate of drug-likeness (QED) is 0.798. The molecule has 2 aromatic heterocycles. The lowest BCUT2D eigenvalue weighted by atomic mass is 10.1. The van der Waals surface area contributed by atoms with Crippen molar-refractivity contribution in [2.75, 3.05) is 11.9 Å².